The first kappa shape index (κ1) is 10.3. The highest BCUT2D eigenvalue weighted by molar-refractivity contribution is 5.91. The van der Waals surface area contributed by atoms with Crippen LogP contribution in [0.2, 0.25) is 0 Å². The quantitative estimate of drug-likeness (QED) is 0.808. The number of carboxylic acids is 1. The van der Waals surface area contributed by atoms with Gasteiger partial charge in [0.15, 0.2) is 11.5 Å². The van der Waals surface area contributed by atoms with Gasteiger partial charge in [-0.25, -0.2) is 4.79 Å². The van der Waals surface area contributed by atoms with Gasteiger partial charge in [-0.1, -0.05) is 0 Å². The van der Waals surface area contributed by atoms with Crippen LogP contribution in [0.25, 0.3) is 0 Å². The fourth-order valence-electron chi connectivity index (χ4n) is 1.63. The van der Waals surface area contributed by atoms with Gasteiger partial charge in [-0.05, 0) is 12.1 Å². The van der Waals surface area contributed by atoms with Crippen LogP contribution in [0.4, 0.5) is 0 Å². The molecule has 1 aromatic rings. The Balaban J connectivity index is 2.57. The van der Waals surface area contributed by atoms with E-state index < -0.39 is 5.97 Å². The lowest BCUT2D eigenvalue weighted by atomic mass is 10.0. The van der Waals surface area contributed by atoms with Crippen molar-refractivity contribution in [2.45, 2.75) is 6.42 Å². The van der Waals surface area contributed by atoms with Crippen molar-refractivity contribution in [1.82, 2.24) is 0 Å². The van der Waals surface area contributed by atoms with Crippen LogP contribution in [-0.4, -0.2) is 24.3 Å². The maximum atomic E-state index is 11.0. The number of nitriles is 1. The molecule has 16 heavy (non-hydrogen) atoms. The average molecular weight is 219 g/mol. The standard InChI is InChI=1S/C11H9NO4/c12-4-3-7-8(11(13)14)1-2-9-10(7)16-6-5-15-9/h1-2H,3,5-6H2,(H,13,14). The Morgan fingerprint density at radius 1 is 1.44 bits per heavy atom. The number of fused-ring (bicyclic) bond motifs is 1. The van der Waals surface area contributed by atoms with Crippen LogP contribution in [0.5, 0.6) is 11.5 Å². The second kappa shape index (κ2) is 4.11. The summed E-state index contributed by atoms with van der Waals surface area (Å²) in [6.07, 6.45) is -0.00579. The van der Waals surface area contributed by atoms with Crippen molar-refractivity contribution in [2.75, 3.05) is 13.2 Å². The number of rotatable bonds is 2. The number of hydrogen-bond donors (Lipinski definition) is 1. The maximum Gasteiger partial charge on any atom is 0.336 e. The molecule has 1 N–H and O–H groups in total. The molecule has 0 saturated heterocycles. The second-order valence-corrected chi connectivity index (χ2v) is 3.26. The van der Waals surface area contributed by atoms with E-state index in [1.54, 1.807) is 6.07 Å². The van der Waals surface area contributed by atoms with Gasteiger partial charge in [0.05, 0.1) is 18.1 Å². The molecule has 5 nitrogen and oxygen atoms in total. The van der Waals surface area contributed by atoms with Crippen LogP contribution >= 0.6 is 0 Å². The summed E-state index contributed by atoms with van der Waals surface area (Å²) in [5, 5.41) is 17.7. The number of carboxylic acid groups (broad SMARTS) is 1. The third-order valence-electron chi connectivity index (χ3n) is 2.30. The Morgan fingerprint density at radius 3 is 2.88 bits per heavy atom. The smallest absolute Gasteiger partial charge is 0.336 e. The Bertz CT molecular complexity index is 476. The van der Waals surface area contributed by atoms with Crippen molar-refractivity contribution in [3.63, 3.8) is 0 Å². The number of hydrogen-bond acceptors (Lipinski definition) is 4. The Hall–Kier alpha value is -2.22. The maximum absolute atomic E-state index is 11.0. The van der Waals surface area contributed by atoms with E-state index in [2.05, 4.69) is 0 Å². The van der Waals surface area contributed by atoms with Crippen molar-refractivity contribution in [3.8, 4) is 17.6 Å². The molecule has 0 fully saturated rings. The molecule has 0 bridgehead atoms. The lowest BCUT2D eigenvalue weighted by Gasteiger charge is -2.21. The van der Waals surface area contributed by atoms with Crippen LogP contribution in [0, 0.1) is 11.3 Å². The number of aromatic carboxylic acids is 1. The summed E-state index contributed by atoms with van der Waals surface area (Å²) in [5.41, 5.74) is 0.470. The molecule has 2 rings (SSSR count). The van der Waals surface area contributed by atoms with Crippen molar-refractivity contribution in [1.29, 1.82) is 5.26 Å². The van der Waals surface area contributed by atoms with Gasteiger partial charge in [-0.2, -0.15) is 5.26 Å². The van der Waals surface area contributed by atoms with E-state index in [0.717, 1.165) is 0 Å². The monoisotopic (exact) mass is 219 g/mol. The van der Waals surface area contributed by atoms with E-state index in [1.165, 1.54) is 6.07 Å². The predicted molar refractivity (Wildman–Crippen MR) is 53.7 cm³/mol. The van der Waals surface area contributed by atoms with E-state index in [-0.39, 0.29) is 12.0 Å². The van der Waals surface area contributed by atoms with Gasteiger partial charge in [-0.3, -0.25) is 0 Å². The summed E-state index contributed by atoms with van der Waals surface area (Å²) < 4.78 is 10.7. The third kappa shape index (κ3) is 1.65. The summed E-state index contributed by atoms with van der Waals surface area (Å²) in [6.45, 7) is 0.805. The second-order valence-electron chi connectivity index (χ2n) is 3.26. The lowest BCUT2D eigenvalue weighted by Crippen LogP contribution is -2.18. The molecule has 82 valence electrons. The third-order valence-corrected chi connectivity index (χ3v) is 2.30. The summed E-state index contributed by atoms with van der Waals surface area (Å²) in [4.78, 5) is 11.0. The normalized spacial score (nSPS) is 12.9. The molecule has 5 heteroatoms. The largest absolute Gasteiger partial charge is 0.486 e. The molecule has 0 amide bonds. The van der Waals surface area contributed by atoms with Crippen molar-refractivity contribution >= 4 is 5.97 Å². The zero-order valence-corrected chi connectivity index (χ0v) is 8.40. The molecule has 0 aliphatic carbocycles. The van der Waals surface area contributed by atoms with E-state index in [4.69, 9.17) is 19.8 Å². The van der Waals surface area contributed by atoms with Gasteiger partial charge in [0.2, 0.25) is 0 Å². The van der Waals surface area contributed by atoms with E-state index in [0.29, 0.717) is 30.3 Å². The summed E-state index contributed by atoms with van der Waals surface area (Å²) >= 11 is 0. The highest BCUT2D eigenvalue weighted by atomic mass is 16.6. The van der Waals surface area contributed by atoms with Crippen molar-refractivity contribution in [2.24, 2.45) is 0 Å². The lowest BCUT2D eigenvalue weighted by molar-refractivity contribution is 0.0694. The Kier molecular flexibility index (Phi) is 2.64. The molecule has 0 atom stereocenters. The minimum atomic E-state index is -1.07. The topological polar surface area (TPSA) is 79.6 Å². The molecule has 1 aliphatic rings. The Morgan fingerprint density at radius 2 is 2.19 bits per heavy atom. The van der Waals surface area contributed by atoms with Crippen LogP contribution in [-0.2, 0) is 6.42 Å². The highest BCUT2D eigenvalue weighted by Crippen LogP contribution is 2.36. The molecule has 1 aliphatic heterocycles. The van der Waals surface area contributed by atoms with E-state index in [9.17, 15) is 4.79 Å². The summed E-state index contributed by atoms with van der Waals surface area (Å²) in [7, 11) is 0. The van der Waals surface area contributed by atoms with Crippen LogP contribution < -0.4 is 9.47 Å². The predicted octanol–water partition coefficient (Wildman–Crippen LogP) is 1.22. The molecule has 0 saturated carbocycles. The van der Waals surface area contributed by atoms with Gasteiger partial charge in [0.25, 0.3) is 0 Å². The average Bonchev–Trinajstić information content (AvgIpc) is 2.29. The first-order chi connectivity index (χ1) is 7.74. The highest BCUT2D eigenvalue weighted by Gasteiger charge is 2.21. The van der Waals surface area contributed by atoms with Crippen LogP contribution in [0.3, 0.4) is 0 Å². The van der Waals surface area contributed by atoms with Gasteiger partial charge in [0.1, 0.15) is 13.2 Å². The van der Waals surface area contributed by atoms with Crippen LogP contribution in [0.1, 0.15) is 15.9 Å². The number of nitrogens with zero attached hydrogens (tertiary/aromatic N) is 1. The minimum absolute atomic E-state index is 0.00579. The van der Waals surface area contributed by atoms with E-state index in [1.807, 2.05) is 6.07 Å². The molecule has 0 spiro atoms. The first-order valence-corrected chi connectivity index (χ1v) is 4.75. The number of benzene rings is 1. The first-order valence-electron chi connectivity index (χ1n) is 4.75. The molecular weight excluding hydrogens is 210 g/mol. The molecule has 0 unspecified atom stereocenters. The number of carbonyl (C=O) groups is 1. The van der Waals surface area contributed by atoms with Crippen molar-refractivity contribution < 1.29 is 19.4 Å². The fraction of sp³-hybridized carbons (Fsp3) is 0.273. The van der Waals surface area contributed by atoms with Crippen molar-refractivity contribution in [3.05, 3.63) is 23.3 Å². The molecular formula is C11H9NO4. The van der Waals surface area contributed by atoms with Gasteiger partial charge < -0.3 is 14.6 Å². The molecule has 0 radical (unpaired) electrons. The Labute approximate surface area is 91.8 Å². The number of ether oxygens (including phenoxy) is 2. The zero-order chi connectivity index (χ0) is 11.5. The summed E-state index contributed by atoms with van der Waals surface area (Å²) in [6, 6.07) is 4.92. The summed E-state index contributed by atoms with van der Waals surface area (Å²) in [5.74, 6) is -0.184. The fourth-order valence-corrected chi connectivity index (χ4v) is 1.63. The van der Waals surface area contributed by atoms with Gasteiger partial charge >= 0.3 is 5.97 Å². The van der Waals surface area contributed by atoms with Gasteiger partial charge in [0, 0.05) is 5.56 Å². The minimum Gasteiger partial charge on any atom is -0.486 e. The van der Waals surface area contributed by atoms with Gasteiger partial charge in [-0.15, -0.1) is 0 Å². The molecule has 1 aromatic carbocycles. The van der Waals surface area contributed by atoms with Crippen LogP contribution in [0.15, 0.2) is 12.1 Å². The SMILES string of the molecule is N#CCc1c(C(=O)O)ccc2c1OCCO2. The molecule has 1 heterocycles. The molecule has 0 aromatic heterocycles. The van der Waals surface area contributed by atoms with E-state index >= 15 is 0 Å². The zero-order valence-electron chi connectivity index (χ0n) is 8.40.